The Balaban J connectivity index is 1.52. The lowest BCUT2D eigenvalue weighted by atomic mass is 10.2. The molecule has 2 aromatic rings. The van der Waals surface area contributed by atoms with Gasteiger partial charge in [-0.2, -0.15) is 13.2 Å². The number of furan rings is 1. The van der Waals surface area contributed by atoms with Gasteiger partial charge in [0.25, 0.3) is 5.91 Å². The number of amides is 2. The number of hydrogen-bond donors (Lipinski definition) is 1. The van der Waals surface area contributed by atoms with Gasteiger partial charge < -0.3 is 9.32 Å². The highest BCUT2D eigenvalue weighted by atomic mass is 32.1. The number of alkyl halides is 3. The van der Waals surface area contributed by atoms with Crippen LogP contribution in [0, 0.1) is 6.92 Å². The summed E-state index contributed by atoms with van der Waals surface area (Å²) >= 11 is 1.20. The molecular formula is C18H21F3N4O3S. The van der Waals surface area contributed by atoms with Gasteiger partial charge in [0.2, 0.25) is 5.91 Å². The Bertz CT molecular complexity index is 865. The van der Waals surface area contributed by atoms with Gasteiger partial charge in [-0.25, -0.2) is 4.98 Å². The molecule has 1 aliphatic rings. The lowest BCUT2D eigenvalue weighted by molar-refractivity contribution is -0.145. The second-order valence-electron chi connectivity index (χ2n) is 6.79. The second kappa shape index (κ2) is 8.95. The third kappa shape index (κ3) is 6.04. The third-order valence-electron chi connectivity index (χ3n) is 4.55. The molecule has 7 nitrogen and oxygen atoms in total. The van der Waals surface area contributed by atoms with E-state index in [1.54, 1.807) is 23.3 Å². The predicted molar refractivity (Wildman–Crippen MR) is 101 cm³/mol. The fourth-order valence-corrected chi connectivity index (χ4v) is 3.83. The van der Waals surface area contributed by atoms with Crippen molar-refractivity contribution in [1.29, 1.82) is 0 Å². The topological polar surface area (TPSA) is 78.7 Å². The number of hydrogen-bond acceptors (Lipinski definition) is 6. The molecule has 1 fully saturated rings. The molecular weight excluding hydrogens is 409 g/mol. The highest BCUT2D eigenvalue weighted by molar-refractivity contribution is 7.14. The molecule has 0 bridgehead atoms. The quantitative estimate of drug-likeness (QED) is 0.789. The number of nitrogens with zero attached hydrogens (tertiary/aromatic N) is 3. The van der Waals surface area contributed by atoms with Gasteiger partial charge in [-0.15, -0.1) is 11.3 Å². The van der Waals surface area contributed by atoms with Gasteiger partial charge in [-0.1, -0.05) is 0 Å². The van der Waals surface area contributed by atoms with Crippen LogP contribution in [0.3, 0.4) is 0 Å². The first-order valence-corrected chi connectivity index (χ1v) is 9.96. The molecule has 0 aliphatic carbocycles. The normalized spacial score (nSPS) is 15.9. The van der Waals surface area contributed by atoms with Crippen LogP contribution in [0.4, 0.5) is 18.3 Å². The zero-order valence-corrected chi connectivity index (χ0v) is 16.6. The van der Waals surface area contributed by atoms with Crippen LogP contribution >= 0.6 is 11.3 Å². The molecule has 0 spiro atoms. The van der Waals surface area contributed by atoms with Crippen molar-refractivity contribution in [3.63, 3.8) is 0 Å². The van der Waals surface area contributed by atoms with Crippen molar-refractivity contribution < 1.29 is 27.2 Å². The Hall–Kier alpha value is -2.40. The fourth-order valence-electron chi connectivity index (χ4n) is 3.13. The molecule has 1 aliphatic heterocycles. The molecule has 3 heterocycles. The summed E-state index contributed by atoms with van der Waals surface area (Å²) in [7, 11) is 0. The monoisotopic (exact) mass is 430 g/mol. The van der Waals surface area contributed by atoms with Crippen molar-refractivity contribution in [2.75, 3.05) is 38.0 Å². The van der Waals surface area contributed by atoms with E-state index in [1.807, 2.05) is 0 Å². The third-order valence-corrected chi connectivity index (χ3v) is 5.36. The van der Waals surface area contributed by atoms with Crippen molar-refractivity contribution >= 4 is 28.3 Å². The fraction of sp³-hybridized carbons (Fsp3) is 0.500. The van der Waals surface area contributed by atoms with Gasteiger partial charge in [-0.05, 0) is 19.4 Å². The van der Waals surface area contributed by atoms with Crippen LogP contribution in [0.25, 0.3) is 0 Å². The van der Waals surface area contributed by atoms with E-state index in [0.717, 1.165) is 0 Å². The minimum Gasteiger partial charge on any atom is -0.469 e. The van der Waals surface area contributed by atoms with Gasteiger partial charge in [0.05, 0.1) is 30.5 Å². The minimum atomic E-state index is -4.24. The van der Waals surface area contributed by atoms with Gasteiger partial charge in [0, 0.05) is 31.6 Å². The standard InChI is InChI=1S/C18H21F3N4O3S/c1-12-14(3-8-28-12)16(27)23-17-22-13(10-29-17)9-15(26)25-5-2-4-24(6-7-25)11-18(19,20)21/h3,8,10H,2,4-7,9,11H2,1H3,(H,22,23,27). The Morgan fingerprint density at radius 2 is 2.07 bits per heavy atom. The van der Waals surface area contributed by atoms with Gasteiger partial charge in [0.1, 0.15) is 5.76 Å². The molecule has 0 unspecified atom stereocenters. The average Bonchev–Trinajstić information content (AvgIpc) is 3.17. The van der Waals surface area contributed by atoms with Crippen LogP contribution < -0.4 is 5.32 Å². The first-order valence-electron chi connectivity index (χ1n) is 9.08. The van der Waals surface area contributed by atoms with E-state index in [4.69, 9.17) is 4.42 Å². The molecule has 0 aromatic carbocycles. The number of thiazole rings is 1. The minimum absolute atomic E-state index is 0.0381. The van der Waals surface area contributed by atoms with E-state index in [2.05, 4.69) is 10.3 Å². The van der Waals surface area contributed by atoms with Crippen molar-refractivity contribution in [2.24, 2.45) is 0 Å². The van der Waals surface area contributed by atoms with E-state index in [1.165, 1.54) is 22.5 Å². The number of aryl methyl sites for hydroxylation is 1. The van der Waals surface area contributed by atoms with E-state index in [-0.39, 0.29) is 31.3 Å². The molecule has 158 valence electrons. The maximum Gasteiger partial charge on any atom is 0.401 e. The van der Waals surface area contributed by atoms with E-state index < -0.39 is 12.7 Å². The summed E-state index contributed by atoms with van der Waals surface area (Å²) in [4.78, 5) is 31.9. The Kier molecular flexibility index (Phi) is 6.58. The number of rotatable bonds is 5. The Morgan fingerprint density at radius 3 is 2.76 bits per heavy atom. The van der Waals surface area contributed by atoms with E-state index in [0.29, 0.717) is 41.7 Å². The largest absolute Gasteiger partial charge is 0.469 e. The van der Waals surface area contributed by atoms with Crippen LogP contribution in [-0.2, 0) is 11.2 Å². The zero-order chi connectivity index (χ0) is 21.0. The Labute approximate surface area is 169 Å². The molecule has 29 heavy (non-hydrogen) atoms. The molecule has 11 heteroatoms. The zero-order valence-electron chi connectivity index (χ0n) is 15.8. The van der Waals surface area contributed by atoms with Crippen molar-refractivity contribution in [3.8, 4) is 0 Å². The lowest BCUT2D eigenvalue weighted by Gasteiger charge is -2.22. The maximum atomic E-state index is 12.6. The van der Waals surface area contributed by atoms with Crippen LogP contribution in [0.15, 0.2) is 22.1 Å². The van der Waals surface area contributed by atoms with Gasteiger partial charge >= 0.3 is 6.18 Å². The first kappa shape index (κ1) is 21.3. The molecule has 3 rings (SSSR count). The van der Waals surface area contributed by atoms with Crippen LogP contribution in [0.5, 0.6) is 0 Å². The number of anilines is 1. The lowest BCUT2D eigenvalue weighted by Crippen LogP contribution is -2.39. The first-order chi connectivity index (χ1) is 13.7. The summed E-state index contributed by atoms with van der Waals surface area (Å²) in [5.74, 6) is -0.0383. The molecule has 0 radical (unpaired) electrons. The smallest absolute Gasteiger partial charge is 0.401 e. The SMILES string of the molecule is Cc1occc1C(=O)Nc1nc(CC(=O)N2CCCN(CC(F)(F)F)CC2)cs1. The summed E-state index contributed by atoms with van der Waals surface area (Å²) in [6.45, 7) is 1.89. The summed E-state index contributed by atoms with van der Waals surface area (Å²) in [5, 5.41) is 4.72. The van der Waals surface area contributed by atoms with E-state index in [9.17, 15) is 22.8 Å². The molecule has 0 saturated carbocycles. The predicted octanol–water partition coefficient (Wildman–Crippen LogP) is 2.94. The average molecular weight is 430 g/mol. The van der Waals surface area contributed by atoms with Crippen molar-refractivity contribution in [2.45, 2.75) is 25.9 Å². The van der Waals surface area contributed by atoms with Crippen LogP contribution in [0.1, 0.15) is 28.2 Å². The highest BCUT2D eigenvalue weighted by Crippen LogP contribution is 2.20. The number of carbonyl (C=O) groups excluding carboxylic acids is 2. The molecule has 1 saturated heterocycles. The highest BCUT2D eigenvalue weighted by Gasteiger charge is 2.31. The molecule has 2 aromatic heterocycles. The molecule has 2 amide bonds. The molecule has 0 atom stereocenters. The van der Waals surface area contributed by atoms with Crippen molar-refractivity contribution in [1.82, 2.24) is 14.8 Å². The summed E-state index contributed by atoms with van der Waals surface area (Å²) < 4.78 is 42.8. The number of nitrogens with one attached hydrogen (secondary N) is 1. The van der Waals surface area contributed by atoms with Crippen molar-refractivity contribution in [3.05, 3.63) is 34.7 Å². The second-order valence-corrected chi connectivity index (χ2v) is 7.65. The maximum absolute atomic E-state index is 12.6. The summed E-state index contributed by atoms with van der Waals surface area (Å²) in [5.41, 5.74) is 0.918. The van der Waals surface area contributed by atoms with Crippen LogP contribution in [-0.4, -0.2) is 65.5 Å². The number of aromatic nitrogens is 1. The number of carbonyl (C=O) groups is 2. The molecule has 1 N–H and O–H groups in total. The van der Waals surface area contributed by atoms with E-state index >= 15 is 0 Å². The summed E-state index contributed by atoms with van der Waals surface area (Å²) in [6.07, 6.45) is -2.29. The van der Waals surface area contributed by atoms with Gasteiger partial charge in [-0.3, -0.25) is 19.8 Å². The van der Waals surface area contributed by atoms with Crippen LogP contribution in [0.2, 0.25) is 0 Å². The van der Waals surface area contributed by atoms with Gasteiger partial charge in [0.15, 0.2) is 5.13 Å². The summed E-state index contributed by atoms with van der Waals surface area (Å²) in [6, 6.07) is 1.56. The Morgan fingerprint density at radius 1 is 1.28 bits per heavy atom. The number of halogens is 3.